The summed E-state index contributed by atoms with van der Waals surface area (Å²) in [5.74, 6) is 1.06. The average Bonchev–Trinajstić information content (AvgIpc) is 3.18. The topological polar surface area (TPSA) is 73.9 Å². The summed E-state index contributed by atoms with van der Waals surface area (Å²) in [7, 11) is 0. The molecule has 2 N–H and O–H groups in total. The SMILES string of the molecule is CC(=O)N1CCC(NCc2nc(-c3ccc(C)cc3)c(-c3ccccn3)[nH]2)CC1. The highest BCUT2D eigenvalue weighted by atomic mass is 16.2. The number of amides is 1. The Morgan fingerprint density at radius 2 is 1.93 bits per heavy atom. The molecule has 29 heavy (non-hydrogen) atoms. The predicted octanol–water partition coefficient (Wildman–Crippen LogP) is 3.55. The van der Waals surface area contributed by atoms with Crippen molar-refractivity contribution in [3.05, 3.63) is 60.0 Å². The molecule has 0 aliphatic carbocycles. The maximum atomic E-state index is 11.5. The first-order valence-corrected chi connectivity index (χ1v) is 10.2. The van der Waals surface area contributed by atoms with Gasteiger partial charge in [-0.15, -0.1) is 0 Å². The third kappa shape index (κ3) is 4.54. The van der Waals surface area contributed by atoms with Crippen molar-refractivity contribution < 1.29 is 4.79 Å². The fraction of sp³-hybridized carbons (Fsp3) is 0.348. The summed E-state index contributed by atoms with van der Waals surface area (Å²) in [4.78, 5) is 26.3. The number of aromatic amines is 1. The van der Waals surface area contributed by atoms with E-state index in [0.717, 1.165) is 54.4 Å². The van der Waals surface area contributed by atoms with Crippen molar-refractivity contribution in [2.24, 2.45) is 0 Å². The molecule has 1 aliphatic rings. The number of carbonyl (C=O) groups excluding carboxylic acids is 1. The zero-order valence-electron chi connectivity index (χ0n) is 17.0. The second-order valence-corrected chi connectivity index (χ2v) is 7.65. The molecule has 3 aromatic rings. The Hall–Kier alpha value is -2.99. The van der Waals surface area contributed by atoms with Gasteiger partial charge in [-0.2, -0.15) is 0 Å². The van der Waals surface area contributed by atoms with Crippen LogP contribution in [0.3, 0.4) is 0 Å². The van der Waals surface area contributed by atoms with Gasteiger partial charge < -0.3 is 15.2 Å². The Bertz CT molecular complexity index is 957. The van der Waals surface area contributed by atoms with Crippen LogP contribution in [-0.2, 0) is 11.3 Å². The summed E-state index contributed by atoms with van der Waals surface area (Å²) in [5, 5.41) is 3.60. The van der Waals surface area contributed by atoms with Crippen LogP contribution in [0.1, 0.15) is 31.2 Å². The van der Waals surface area contributed by atoms with Crippen LogP contribution in [0.15, 0.2) is 48.7 Å². The third-order valence-corrected chi connectivity index (χ3v) is 5.50. The first-order chi connectivity index (χ1) is 14.1. The lowest BCUT2D eigenvalue weighted by molar-refractivity contribution is -0.129. The molecule has 1 saturated heterocycles. The zero-order chi connectivity index (χ0) is 20.2. The predicted molar refractivity (Wildman–Crippen MR) is 114 cm³/mol. The number of H-pyrrole nitrogens is 1. The fourth-order valence-corrected chi connectivity index (χ4v) is 3.76. The third-order valence-electron chi connectivity index (χ3n) is 5.50. The molecule has 2 aromatic heterocycles. The molecule has 0 atom stereocenters. The Morgan fingerprint density at radius 3 is 2.59 bits per heavy atom. The minimum Gasteiger partial charge on any atom is -0.343 e. The number of hydrogen-bond acceptors (Lipinski definition) is 4. The van der Waals surface area contributed by atoms with Gasteiger partial charge in [-0.1, -0.05) is 35.9 Å². The first kappa shape index (κ1) is 19.3. The lowest BCUT2D eigenvalue weighted by Crippen LogP contribution is -2.44. The van der Waals surface area contributed by atoms with Crippen LogP contribution in [0.2, 0.25) is 0 Å². The number of piperidine rings is 1. The van der Waals surface area contributed by atoms with Gasteiger partial charge >= 0.3 is 0 Å². The molecular formula is C23H27N5O. The Labute approximate surface area is 171 Å². The van der Waals surface area contributed by atoms with Crippen LogP contribution >= 0.6 is 0 Å². The van der Waals surface area contributed by atoms with E-state index in [2.05, 4.69) is 46.5 Å². The van der Waals surface area contributed by atoms with Crippen molar-refractivity contribution in [1.82, 2.24) is 25.2 Å². The van der Waals surface area contributed by atoms with Crippen molar-refractivity contribution >= 4 is 5.91 Å². The summed E-state index contributed by atoms with van der Waals surface area (Å²) >= 11 is 0. The van der Waals surface area contributed by atoms with Gasteiger partial charge in [0.05, 0.1) is 23.6 Å². The van der Waals surface area contributed by atoms with Gasteiger partial charge in [0.2, 0.25) is 5.91 Å². The minimum absolute atomic E-state index is 0.164. The van der Waals surface area contributed by atoms with Gasteiger partial charge in [-0.05, 0) is 31.9 Å². The van der Waals surface area contributed by atoms with E-state index in [1.165, 1.54) is 5.56 Å². The summed E-state index contributed by atoms with van der Waals surface area (Å²) in [6.45, 7) is 6.03. The smallest absolute Gasteiger partial charge is 0.219 e. The molecule has 1 fully saturated rings. The molecule has 0 saturated carbocycles. The highest BCUT2D eigenvalue weighted by Gasteiger charge is 2.21. The second-order valence-electron chi connectivity index (χ2n) is 7.65. The van der Waals surface area contributed by atoms with Crippen LogP contribution in [-0.4, -0.2) is 44.9 Å². The Morgan fingerprint density at radius 1 is 1.17 bits per heavy atom. The number of aryl methyl sites for hydroxylation is 1. The lowest BCUT2D eigenvalue weighted by Gasteiger charge is -2.31. The summed E-state index contributed by atoms with van der Waals surface area (Å²) in [6.07, 6.45) is 3.74. The Balaban J connectivity index is 1.52. The molecule has 1 aromatic carbocycles. The van der Waals surface area contributed by atoms with Crippen LogP contribution in [0.5, 0.6) is 0 Å². The van der Waals surface area contributed by atoms with Gasteiger partial charge in [-0.3, -0.25) is 9.78 Å². The van der Waals surface area contributed by atoms with E-state index in [0.29, 0.717) is 12.6 Å². The Kier molecular flexibility index (Phi) is 5.71. The number of nitrogens with zero attached hydrogens (tertiary/aromatic N) is 3. The van der Waals surface area contributed by atoms with Crippen molar-refractivity contribution in [3.63, 3.8) is 0 Å². The van der Waals surface area contributed by atoms with Crippen molar-refractivity contribution in [2.45, 2.75) is 39.3 Å². The van der Waals surface area contributed by atoms with Crippen LogP contribution in [0, 0.1) is 6.92 Å². The normalized spacial score (nSPS) is 14.9. The average molecular weight is 390 g/mol. The standard InChI is InChI=1S/C23H27N5O/c1-16-6-8-18(9-7-16)22-23(20-5-3-4-12-24-20)27-21(26-22)15-25-19-10-13-28(14-11-19)17(2)29/h3-9,12,19,25H,10-11,13-15H2,1-2H3,(H,26,27). The van der Waals surface area contributed by atoms with E-state index in [4.69, 9.17) is 4.98 Å². The number of carbonyl (C=O) groups is 1. The van der Waals surface area contributed by atoms with E-state index in [1.54, 1.807) is 13.1 Å². The fourth-order valence-electron chi connectivity index (χ4n) is 3.76. The number of hydrogen-bond donors (Lipinski definition) is 2. The van der Waals surface area contributed by atoms with Crippen molar-refractivity contribution in [1.29, 1.82) is 0 Å². The highest BCUT2D eigenvalue weighted by molar-refractivity contribution is 5.76. The molecule has 0 spiro atoms. The number of aromatic nitrogens is 3. The summed E-state index contributed by atoms with van der Waals surface area (Å²) in [6, 6.07) is 14.7. The van der Waals surface area contributed by atoms with Gasteiger partial charge in [-0.25, -0.2) is 4.98 Å². The number of benzene rings is 1. The maximum Gasteiger partial charge on any atom is 0.219 e. The first-order valence-electron chi connectivity index (χ1n) is 10.2. The highest BCUT2D eigenvalue weighted by Crippen LogP contribution is 2.29. The second kappa shape index (κ2) is 8.57. The number of rotatable bonds is 5. The minimum atomic E-state index is 0.164. The number of likely N-dealkylation sites (tertiary alicyclic amines) is 1. The van der Waals surface area contributed by atoms with Crippen LogP contribution < -0.4 is 5.32 Å². The van der Waals surface area contributed by atoms with Crippen LogP contribution in [0.25, 0.3) is 22.6 Å². The molecule has 0 bridgehead atoms. The van der Waals surface area contributed by atoms with Gasteiger partial charge in [0.15, 0.2) is 0 Å². The van der Waals surface area contributed by atoms with Gasteiger partial charge in [0.25, 0.3) is 0 Å². The van der Waals surface area contributed by atoms with E-state index in [1.807, 2.05) is 23.1 Å². The molecule has 150 valence electrons. The van der Waals surface area contributed by atoms with Gasteiger partial charge in [0.1, 0.15) is 5.82 Å². The monoisotopic (exact) mass is 389 g/mol. The molecule has 1 amide bonds. The summed E-state index contributed by atoms with van der Waals surface area (Å²) < 4.78 is 0. The number of nitrogens with one attached hydrogen (secondary N) is 2. The molecule has 0 radical (unpaired) electrons. The maximum absolute atomic E-state index is 11.5. The van der Waals surface area contributed by atoms with Gasteiger partial charge in [0, 0.05) is 37.8 Å². The molecule has 4 rings (SSSR count). The number of pyridine rings is 1. The molecular weight excluding hydrogens is 362 g/mol. The summed E-state index contributed by atoms with van der Waals surface area (Å²) in [5.41, 5.74) is 5.05. The largest absolute Gasteiger partial charge is 0.343 e. The van der Waals surface area contributed by atoms with Crippen LogP contribution in [0.4, 0.5) is 0 Å². The molecule has 3 heterocycles. The lowest BCUT2D eigenvalue weighted by atomic mass is 10.1. The molecule has 0 unspecified atom stereocenters. The molecule has 6 nitrogen and oxygen atoms in total. The van der Waals surface area contributed by atoms with E-state index < -0.39 is 0 Å². The quantitative estimate of drug-likeness (QED) is 0.700. The van der Waals surface area contributed by atoms with E-state index >= 15 is 0 Å². The molecule has 6 heteroatoms. The van der Waals surface area contributed by atoms with E-state index in [-0.39, 0.29) is 5.91 Å². The van der Waals surface area contributed by atoms with Crippen molar-refractivity contribution in [3.8, 4) is 22.6 Å². The van der Waals surface area contributed by atoms with Crippen molar-refractivity contribution in [2.75, 3.05) is 13.1 Å². The number of imidazole rings is 1. The zero-order valence-corrected chi connectivity index (χ0v) is 17.0. The molecule has 1 aliphatic heterocycles. The van der Waals surface area contributed by atoms with E-state index in [9.17, 15) is 4.79 Å².